The molecule has 2 aliphatic rings. The SMILES string of the molecule is Cc1ccccc1[C@H]1[C@H]2CNC[C@H]2CN1C(=O)c1ccc(-n2cccn2)cc1. The predicted octanol–water partition coefficient (Wildman–Crippen LogP) is 3.21. The van der Waals surface area contributed by atoms with E-state index < -0.39 is 0 Å². The van der Waals surface area contributed by atoms with Crippen LogP contribution in [0.25, 0.3) is 5.69 Å². The van der Waals surface area contributed by atoms with Crippen LogP contribution in [-0.4, -0.2) is 40.2 Å². The van der Waals surface area contributed by atoms with Crippen molar-refractivity contribution in [1.29, 1.82) is 0 Å². The molecular formula is C23H24N4O. The van der Waals surface area contributed by atoms with Gasteiger partial charge >= 0.3 is 0 Å². The van der Waals surface area contributed by atoms with Gasteiger partial charge < -0.3 is 10.2 Å². The van der Waals surface area contributed by atoms with Crippen molar-refractivity contribution in [2.75, 3.05) is 19.6 Å². The Morgan fingerprint density at radius 1 is 1.07 bits per heavy atom. The van der Waals surface area contributed by atoms with E-state index in [1.54, 1.807) is 10.9 Å². The molecule has 1 N–H and O–H groups in total. The van der Waals surface area contributed by atoms with Gasteiger partial charge in [0.1, 0.15) is 0 Å². The first kappa shape index (κ1) is 17.2. The van der Waals surface area contributed by atoms with Gasteiger partial charge in [-0.15, -0.1) is 0 Å². The summed E-state index contributed by atoms with van der Waals surface area (Å²) in [5, 5.41) is 7.77. The molecule has 28 heavy (non-hydrogen) atoms. The molecule has 3 heterocycles. The summed E-state index contributed by atoms with van der Waals surface area (Å²) in [5.74, 6) is 1.12. The standard InChI is InChI=1S/C23H24N4O/c1-16-5-2-3-6-20(16)22-21-14-24-13-18(21)15-26(22)23(28)17-7-9-19(10-8-17)27-12-4-11-25-27/h2-12,18,21-22,24H,13-15H2,1H3/t18-,21-,22-/m0/s1. The normalized spacial score (nSPS) is 23.8. The second kappa shape index (κ2) is 6.91. The minimum absolute atomic E-state index is 0.120. The molecule has 3 aromatic rings. The monoisotopic (exact) mass is 372 g/mol. The number of hydrogen-bond acceptors (Lipinski definition) is 3. The Hall–Kier alpha value is -2.92. The Morgan fingerprint density at radius 2 is 1.89 bits per heavy atom. The molecule has 0 bridgehead atoms. The Kier molecular flexibility index (Phi) is 4.24. The van der Waals surface area contributed by atoms with Gasteiger partial charge in [0.15, 0.2) is 0 Å². The Labute approximate surface area is 165 Å². The van der Waals surface area contributed by atoms with Crippen LogP contribution in [0.2, 0.25) is 0 Å². The molecule has 5 heteroatoms. The number of aromatic nitrogens is 2. The third-order valence-electron chi connectivity index (χ3n) is 6.22. The van der Waals surface area contributed by atoms with Crippen molar-refractivity contribution in [2.24, 2.45) is 11.8 Å². The summed E-state index contributed by atoms with van der Waals surface area (Å²) in [4.78, 5) is 15.6. The van der Waals surface area contributed by atoms with Crippen LogP contribution in [-0.2, 0) is 0 Å². The van der Waals surface area contributed by atoms with E-state index in [4.69, 9.17) is 0 Å². The van der Waals surface area contributed by atoms with E-state index in [-0.39, 0.29) is 11.9 Å². The molecule has 0 radical (unpaired) electrons. The number of likely N-dealkylation sites (tertiary alicyclic amines) is 1. The highest BCUT2D eigenvalue weighted by molar-refractivity contribution is 5.95. The van der Waals surface area contributed by atoms with E-state index in [0.717, 1.165) is 30.9 Å². The summed E-state index contributed by atoms with van der Waals surface area (Å²) in [6.45, 7) is 4.93. The number of nitrogens with zero attached hydrogens (tertiary/aromatic N) is 3. The lowest BCUT2D eigenvalue weighted by molar-refractivity contribution is 0.0713. The fourth-order valence-corrected chi connectivity index (χ4v) is 4.79. The van der Waals surface area contributed by atoms with Crippen LogP contribution < -0.4 is 5.32 Å². The second-order valence-electron chi connectivity index (χ2n) is 7.84. The largest absolute Gasteiger partial charge is 0.331 e. The minimum atomic E-state index is 0.120. The lowest BCUT2D eigenvalue weighted by atomic mass is 9.87. The van der Waals surface area contributed by atoms with Crippen LogP contribution in [0.1, 0.15) is 27.5 Å². The van der Waals surface area contributed by atoms with E-state index >= 15 is 0 Å². The van der Waals surface area contributed by atoms with Gasteiger partial charge in [0, 0.05) is 43.5 Å². The topological polar surface area (TPSA) is 50.2 Å². The first-order valence-corrected chi connectivity index (χ1v) is 9.89. The van der Waals surface area contributed by atoms with Crippen molar-refractivity contribution >= 4 is 5.91 Å². The smallest absolute Gasteiger partial charge is 0.254 e. The predicted molar refractivity (Wildman–Crippen MR) is 108 cm³/mol. The maximum atomic E-state index is 13.5. The fraction of sp³-hybridized carbons (Fsp3) is 0.304. The molecule has 0 aliphatic carbocycles. The third kappa shape index (κ3) is 2.83. The quantitative estimate of drug-likeness (QED) is 0.768. The van der Waals surface area contributed by atoms with Gasteiger partial charge in [-0.1, -0.05) is 24.3 Å². The van der Waals surface area contributed by atoms with Crippen molar-refractivity contribution < 1.29 is 4.79 Å². The number of amides is 1. The van der Waals surface area contributed by atoms with Crippen molar-refractivity contribution in [3.63, 3.8) is 0 Å². The first-order valence-electron chi connectivity index (χ1n) is 9.89. The maximum Gasteiger partial charge on any atom is 0.254 e. The highest BCUT2D eigenvalue weighted by Crippen LogP contribution is 2.44. The lowest BCUT2D eigenvalue weighted by Crippen LogP contribution is -2.35. The Bertz CT molecular complexity index is 980. The number of nitrogens with one attached hydrogen (secondary N) is 1. The molecule has 2 fully saturated rings. The van der Waals surface area contributed by atoms with Crippen molar-refractivity contribution in [3.05, 3.63) is 83.7 Å². The lowest BCUT2D eigenvalue weighted by Gasteiger charge is -2.29. The van der Waals surface area contributed by atoms with E-state index in [1.807, 2.05) is 36.5 Å². The van der Waals surface area contributed by atoms with Crippen LogP contribution in [0.4, 0.5) is 0 Å². The molecule has 142 valence electrons. The molecule has 1 aromatic heterocycles. The van der Waals surface area contributed by atoms with E-state index in [1.165, 1.54) is 11.1 Å². The van der Waals surface area contributed by atoms with Gasteiger partial charge in [0.25, 0.3) is 5.91 Å². The summed E-state index contributed by atoms with van der Waals surface area (Å²) >= 11 is 0. The molecule has 3 atom stereocenters. The van der Waals surface area contributed by atoms with Crippen LogP contribution >= 0.6 is 0 Å². The number of benzene rings is 2. The zero-order chi connectivity index (χ0) is 19.1. The summed E-state index contributed by atoms with van der Waals surface area (Å²) < 4.78 is 1.80. The van der Waals surface area contributed by atoms with Gasteiger partial charge in [-0.05, 0) is 54.3 Å². The van der Waals surface area contributed by atoms with Crippen LogP contribution in [0.3, 0.4) is 0 Å². The Morgan fingerprint density at radius 3 is 2.64 bits per heavy atom. The molecule has 0 saturated carbocycles. The van der Waals surface area contributed by atoms with E-state index in [0.29, 0.717) is 11.8 Å². The average molecular weight is 372 g/mol. The molecule has 0 unspecified atom stereocenters. The molecule has 2 aliphatic heterocycles. The fourth-order valence-electron chi connectivity index (χ4n) is 4.79. The molecule has 5 nitrogen and oxygen atoms in total. The van der Waals surface area contributed by atoms with Crippen molar-refractivity contribution in [3.8, 4) is 5.69 Å². The van der Waals surface area contributed by atoms with Crippen LogP contribution in [0.5, 0.6) is 0 Å². The molecule has 5 rings (SSSR count). The van der Waals surface area contributed by atoms with Crippen LogP contribution in [0.15, 0.2) is 67.0 Å². The third-order valence-corrected chi connectivity index (χ3v) is 6.22. The maximum absolute atomic E-state index is 13.5. The molecular weight excluding hydrogens is 348 g/mol. The summed E-state index contributed by atoms with van der Waals surface area (Å²) in [6, 6.07) is 18.3. The zero-order valence-electron chi connectivity index (χ0n) is 16.0. The highest BCUT2D eigenvalue weighted by Gasteiger charge is 2.47. The second-order valence-corrected chi connectivity index (χ2v) is 7.84. The Balaban J connectivity index is 1.47. The number of aryl methyl sites for hydroxylation is 1. The first-order chi connectivity index (χ1) is 13.7. The number of rotatable bonds is 3. The van der Waals surface area contributed by atoms with Gasteiger partial charge in [0.2, 0.25) is 0 Å². The number of carbonyl (C=O) groups is 1. The minimum Gasteiger partial charge on any atom is -0.331 e. The molecule has 0 spiro atoms. The van der Waals surface area contributed by atoms with Crippen LogP contribution in [0, 0.1) is 18.8 Å². The average Bonchev–Trinajstić information content (AvgIpc) is 3.45. The van der Waals surface area contributed by atoms with Gasteiger partial charge in [0.05, 0.1) is 11.7 Å². The summed E-state index contributed by atoms with van der Waals surface area (Å²) in [7, 11) is 0. The molecule has 2 saturated heterocycles. The van der Waals surface area contributed by atoms with E-state index in [9.17, 15) is 4.79 Å². The summed E-state index contributed by atoms with van der Waals surface area (Å²) in [6.07, 6.45) is 3.66. The van der Waals surface area contributed by atoms with Gasteiger partial charge in [-0.25, -0.2) is 4.68 Å². The molecule has 2 aromatic carbocycles. The van der Waals surface area contributed by atoms with Gasteiger partial charge in [-0.2, -0.15) is 5.10 Å². The molecule has 1 amide bonds. The summed E-state index contributed by atoms with van der Waals surface area (Å²) in [5.41, 5.74) is 4.23. The van der Waals surface area contributed by atoms with Crippen molar-refractivity contribution in [1.82, 2.24) is 20.0 Å². The van der Waals surface area contributed by atoms with E-state index in [2.05, 4.69) is 46.5 Å². The number of hydrogen-bond donors (Lipinski definition) is 1. The van der Waals surface area contributed by atoms with Crippen molar-refractivity contribution in [2.45, 2.75) is 13.0 Å². The number of fused-ring (bicyclic) bond motifs is 1. The highest BCUT2D eigenvalue weighted by atomic mass is 16.2. The number of carbonyl (C=O) groups excluding carboxylic acids is 1. The van der Waals surface area contributed by atoms with Gasteiger partial charge in [-0.3, -0.25) is 4.79 Å². The zero-order valence-corrected chi connectivity index (χ0v) is 16.0.